The molecule has 2 aromatic rings. The maximum Gasteiger partial charge on any atom is 0.112 e. The molecule has 1 aliphatic carbocycles. The summed E-state index contributed by atoms with van der Waals surface area (Å²) in [5.41, 5.74) is 2.76. The van der Waals surface area contributed by atoms with Crippen LogP contribution in [-0.2, 0) is 12.5 Å². The van der Waals surface area contributed by atoms with Crippen molar-refractivity contribution in [1.82, 2.24) is 9.55 Å². The molecule has 1 aromatic carbocycles. The molecule has 3 rings (SSSR count). The zero-order valence-electron chi connectivity index (χ0n) is 11.1. The molecular formula is C15H17N3. The van der Waals surface area contributed by atoms with Gasteiger partial charge in [0.25, 0.3) is 0 Å². The summed E-state index contributed by atoms with van der Waals surface area (Å²) in [7, 11) is 2.08. The van der Waals surface area contributed by atoms with Gasteiger partial charge in [-0.1, -0.05) is 6.07 Å². The van der Waals surface area contributed by atoms with Gasteiger partial charge in [0.2, 0.25) is 0 Å². The van der Waals surface area contributed by atoms with Crippen molar-refractivity contribution in [2.75, 3.05) is 0 Å². The van der Waals surface area contributed by atoms with Crippen molar-refractivity contribution in [2.24, 2.45) is 7.05 Å². The maximum atomic E-state index is 9.20. The number of imidazole rings is 1. The average Bonchev–Trinajstić information content (AvgIpc) is 3.15. The Hall–Kier alpha value is -1.82. The van der Waals surface area contributed by atoms with Gasteiger partial charge in [-0.25, -0.2) is 4.98 Å². The Morgan fingerprint density at radius 2 is 2.11 bits per heavy atom. The van der Waals surface area contributed by atoms with Gasteiger partial charge in [0.15, 0.2) is 0 Å². The van der Waals surface area contributed by atoms with Crippen molar-refractivity contribution < 1.29 is 0 Å². The van der Waals surface area contributed by atoms with E-state index in [-0.39, 0.29) is 0 Å². The average molecular weight is 239 g/mol. The van der Waals surface area contributed by atoms with E-state index in [4.69, 9.17) is 4.98 Å². The Bertz CT molecular complexity index is 654. The molecule has 1 aliphatic rings. The number of aryl methyl sites for hydroxylation is 1. The molecule has 0 aliphatic heterocycles. The molecule has 3 heteroatoms. The molecule has 1 aromatic heterocycles. The lowest BCUT2D eigenvalue weighted by Gasteiger charge is -2.15. The Balaban J connectivity index is 2.16. The number of hydrogen-bond acceptors (Lipinski definition) is 2. The molecule has 0 amide bonds. The molecule has 1 fully saturated rings. The first-order chi connectivity index (χ1) is 8.53. The number of rotatable bonds is 2. The molecule has 0 atom stereocenters. The van der Waals surface area contributed by atoms with Crippen LogP contribution in [0.5, 0.6) is 0 Å². The predicted molar refractivity (Wildman–Crippen MR) is 71.3 cm³/mol. The van der Waals surface area contributed by atoms with Crippen molar-refractivity contribution in [1.29, 1.82) is 5.26 Å². The summed E-state index contributed by atoms with van der Waals surface area (Å²) in [6, 6.07) is 8.54. The van der Waals surface area contributed by atoms with Crippen LogP contribution in [0.1, 0.15) is 44.0 Å². The lowest BCUT2D eigenvalue weighted by molar-refractivity contribution is 0.688. The van der Waals surface area contributed by atoms with E-state index in [0.717, 1.165) is 16.6 Å². The molecular weight excluding hydrogens is 222 g/mol. The summed E-state index contributed by atoms with van der Waals surface area (Å²) in [5, 5.41) is 9.20. The zero-order valence-corrected chi connectivity index (χ0v) is 11.1. The minimum atomic E-state index is -0.453. The van der Waals surface area contributed by atoms with Gasteiger partial charge in [0.05, 0.1) is 22.5 Å². The zero-order chi connectivity index (χ0) is 12.9. The lowest BCUT2D eigenvalue weighted by Crippen LogP contribution is -2.13. The van der Waals surface area contributed by atoms with E-state index in [1.165, 1.54) is 18.7 Å². The molecule has 1 heterocycles. The van der Waals surface area contributed by atoms with Gasteiger partial charge in [0.1, 0.15) is 5.82 Å². The van der Waals surface area contributed by atoms with Gasteiger partial charge in [-0.3, -0.25) is 0 Å². The van der Waals surface area contributed by atoms with Gasteiger partial charge < -0.3 is 4.57 Å². The number of fused-ring (bicyclic) bond motifs is 1. The number of hydrogen-bond donors (Lipinski definition) is 0. The Kier molecular flexibility index (Phi) is 2.25. The number of benzene rings is 1. The first-order valence-electron chi connectivity index (χ1n) is 6.41. The summed E-state index contributed by atoms with van der Waals surface area (Å²) >= 11 is 0. The molecule has 18 heavy (non-hydrogen) atoms. The molecule has 0 saturated heterocycles. The summed E-state index contributed by atoms with van der Waals surface area (Å²) in [6.07, 6.45) is 2.52. The van der Waals surface area contributed by atoms with Gasteiger partial charge in [0, 0.05) is 13.0 Å². The molecule has 0 radical (unpaired) electrons. The third-order valence-electron chi connectivity index (χ3n) is 3.86. The standard InChI is InChI=1S/C15H17N3/c1-15(2,9-16)11-6-7-13-12(8-11)17-14(18(13)3)10-4-5-10/h6-8,10H,4-5H2,1-3H3. The second kappa shape index (κ2) is 3.58. The molecule has 0 unspecified atom stereocenters. The molecule has 3 nitrogen and oxygen atoms in total. The fraction of sp³-hybridized carbons (Fsp3) is 0.467. The highest BCUT2D eigenvalue weighted by Gasteiger charge is 2.29. The van der Waals surface area contributed by atoms with Crippen molar-refractivity contribution >= 4 is 11.0 Å². The van der Waals surface area contributed by atoms with Gasteiger partial charge in [-0.15, -0.1) is 0 Å². The largest absolute Gasteiger partial charge is 0.331 e. The van der Waals surface area contributed by atoms with E-state index in [1.54, 1.807) is 0 Å². The Labute approximate surface area is 107 Å². The lowest BCUT2D eigenvalue weighted by atomic mass is 9.86. The second-order valence-electron chi connectivity index (χ2n) is 5.74. The quantitative estimate of drug-likeness (QED) is 0.807. The van der Waals surface area contributed by atoms with E-state index in [9.17, 15) is 5.26 Å². The van der Waals surface area contributed by atoms with Crippen molar-refractivity contribution in [3.05, 3.63) is 29.6 Å². The van der Waals surface area contributed by atoms with Crippen LogP contribution < -0.4 is 0 Å². The van der Waals surface area contributed by atoms with Gasteiger partial charge >= 0.3 is 0 Å². The predicted octanol–water partition coefficient (Wildman–Crippen LogP) is 3.25. The SMILES string of the molecule is Cn1c(C2CC2)nc2cc(C(C)(C)C#N)ccc21. The van der Waals surface area contributed by atoms with Crippen LogP contribution in [0.3, 0.4) is 0 Å². The number of nitrogens with zero attached hydrogens (tertiary/aromatic N) is 3. The first kappa shape index (κ1) is 11.3. The van der Waals surface area contributed by atoms with Crippen LogP contribution in [0, 0.1) is 11.3 Å². The van der Waals surface area contributed by atoms with Crippen LogP contribution in [-0.4, -0.2) is 9.55 Å². The smallest absolute Gasteiger partial charge is 0.112 e. The van der Waals surface area contributed by atoms with E-state index in [1.807, 2.05) is 19.9 Å². The number of aromatic nitrogens is 2. The molecule has 0 bridgehead atoms. The fourth-order valence-corrected chi connectivity index (χ4v) is 2.38. The molecule has 1 saturated carbocycles. The third-order valence-corrected chi connectivity index (χ3v) is 3.86. The summed E-state index contributed by atoms with van der Waals surface area (Å²) in [6.45, 7) is 3.89. The van der Waals surface area contributed by atoms with Gasteiger partial charge in [-0.2, -0.15) is 5.26 Å². The first-order valence-corrected chi connectivity index (χ1v) is 6.41. The number of nitriles is 1. The Morgan fingerprint density at radius 1 is 1.39 bits per heavy atom. The molecule has 0 N–H and O–H groups in total. The monoisotopic (exact) mass is 239 g/mol. The van der Waals surface area contributed by atoms with Crippen LogP contribution in [0.4, 0.5) is 0 Å². The minimum absolute atomic E-state index is 0.453. The molecule has 0 spiro atoms. The van der Waals surface area contributed by atoms with Crippen LogP contribution >= 0.6 is 0 Å². The van der Waals surface area contributed by atoms with E-state index in [2.05, 4.69) is 29.8 Å². The molecule has 92 valence electrons. The Morgan fingerprint density at radius 3 is 2.72 bits per heavy atom. The summed E-state index contributed by atoms with van der Waals surface area (Å²) in [4.78, 5) is 4.74. The topological polar surface area (TPSA) is 41.6 Å². The summed E-state index contributed by atoms with van der Waals surface area (Å²) < 4.78 is 2.19. The van der Waals surface area contributed by atoms with E-state index < -0.39 is 5.41 Å². The van der Waals surface area contributed by atoms with Crippen molar-refractivity contribution in [2.45, 2.75) is 38.0 Å². The third kappa shape index (κ3) is 1.60. The minimum Gasteiger partial charge on any atom is -0.331 e. The van der Waals surface area contributed by atoms with Crippen molar-refractivity contribution in [3.8, 4) is 6.07 Å². The fourth-order valence-electron chi connectivity index (χ4n) is 2.38. The van der Waals surface area contributed by atoms with Crippen LogP contribution in [0.2, 0.25) is 0 Å². The highest BCUT2D eigenvalue weighted by molar-refractivity contribution is 5.77. The summed E-state index contributed by atoms with van der Waals surface area (Å²) in [5.74, 6) is 1.84. The van der Waals surface area contributed by atoms with Gasteiger partial charge in [-0.05, 0) is 44.4 Å². The van der Waals surface area contributed by atoms with Crippen molar-refractivity contribution in [3.63, 3.8) is 0 Å². The van der Waals surface area contributed by atoms with E-state index in [0.29, 0.717) is 5.92 Å². The van der Waals surface area contributed by atoms with Crippen LogP contribution in [0.15, 0.2) is 18.2 Å². The highest BCUT2D eigenvalue weighted by atomic mass is 15.1. The second-order valence-corrected chi connectivity index (χ2v) is 5.74. The van der Waals surface area contributed by atoms with E-state index >= 15 is 0 Å². The highest BCUT2D eigenvalue weighted by Crippen LogP contribution is 2.40. The van der Waals surface area contributed by atoms with Crippen LogP contribution in [0.25, 0.3) is 11.0 Å². The maximum absolute atomic E-state index is 9.20. The normalized spacial score (nSPS) is 15.9.